The molecule has 0 saturated heterocycles. The van der Waals surface area contributed by atoms with E-state index in [1.807, 2.05) is 6.92 Å². The van der Waals surface area contributed by atoms with Crippen molar-refractivity contribution in [3.05, 3.63) is 53.6 Å². The van der Waals surface area contributed by atoms with Gasteiger partial charge in [0.05, 0.1) is 12.0 Å². The van der Waals surface area contributed by atoms with E-state index in [1.54, 1.807) is 17.0 Å². The van der Waals surface area contributed by atoms with Crippen LogP contribution in [-0.4, -0.2) is 15.3 Å². The second kappa shape index (κ2) is 5.08. The molecule has 1 aromatic heterocycles. The number of Topliss-reactive ketones (excluding diaryl/α,β-unsaturated/α-hetero) is 1. The Morgan fingerprint density at radius 1 is 1.33 bits per heavy atom. The van der Waals surface area contributed by atoms with E-state index in [9.17, 15) is 13.6 Å². The highest BCUT2D eigenvalue weighted by Gasteiger charge is 2.18. The van der Waals surface area contributed by atoms with Crippen molar-refractivity contribution >= 4 is 5.78 Å². The van der Waals surface area contributed by atoms with Crippen LogP contribution < -0.4 is 0 Å². The molecule has 0 unspecified atom stereocenters. The van der Waals surface area contributed by atoms with Crippen molar-refractivity contribution in [2.24, 2.45) is 0 Å². The van der Waals surface area contributed by atoms with Gasteiger partial charge in [-0.25, -0.2) is 13.8 Å². The summed E-state index contributed by atoms with van der Waals surface area (Å²) in [4.78, 5) is 15.9. The minimum atomic E-state index is -0.838. The van der Waals surface area contributed by atoms with Crippen LogP contribution in [0.2, 0.25) is 0 Å². The van der Waals surface area contributed by atoms with Crippen LogP contribution in [0.3, 0.4) is 0 Å². The molecule has 2 rings (SSSR count). The summed E-state index contributed by atoms with van der Waals surface area (Å²) in [7, 11) is 0. The van der Waals surface area contributed by atoms with E-state index in [0.29, 0.717) is 12.4 Å². The van der Waals surface area contributed by atoms with Crippen LogP contribution in [0.25, 0.3) is 0 Å². The number of hydrogen-bond acceptors (Lipinski definition) is 2. The number of halogens is 2. The van der Waals surface area contributed by atoms with Crippen molar-refractivity contribution in [2.75, 3.05) is 0 Å². The molecule has 0 spiro atoms. The molecule has 0 aliphatic rings. The summed E-state index contributed by atoms with van der Waals surface area (Å²) in [6, 6.07) is 3.37. The van der Waals surface area contributed by atoms with Gasteiger partial charge in [-0.3, -0.25) is 4.79 Å². The van der Waals surface area contributed by atoms with Crippen LogP contribution >= 0.6 is 0 Å². The highest BCUT2D eigenvalue weighted by Crippen LogP contribution is 2.15. The summed E-state index contributed by atoms with van der Waals surface area (Å²) in [6.07, 6.45) is 3.17. The zero-order valence-electron chi connectivity index (χ0n) is 9.86. The number of ketones is 1. The third-order valence-corrected chi connectivity index (χ3v) is 2.70. The average molecular weight is 250 g/mol. The topological polar surface area (TPSA) is 34.9 Å². The Labute approximate surface area is 103 Å². The van der Waals surface area contributed by atoms with Crippen molar-refractivity contribution in [2.45, 2.75) is 19.9 Å². The van der Waals surface area contributed by atoms with Crippen LogP contribution in [-0.2, 0) is 13.0 Å². The number of carbonyl (C=O) groups is 1. The van der Waals surface area contributed by atoms with Crippen LogP contribution in [0, 0.1) is 11.6 Å². The third-order valence-electron chi connectivity index (χ3n) is 2.70. The Bertz CT molecular complexity index is 558. The van der Waals surface area contributed by atoms with Gasteiger partial charge in [-0.05, 0) is 19.1 Å². The van der Waals surface area contributed by atoms with Gasteiger partial charge in [-0.2, -0.15) is 0 Å². The SMILES string of the molecule is CCn1ccnc1CC(=O)c1c(F)cccc1F. The minimum absolute atomic E-state index is 0.112. The molecular weight excluding hydrogens is 238 g/mol. The molecule has 0 aliphatic carbocycles. The van der Waals surface area contributed by atoms with Gasteiger partial charge in [0.15, 0.2) is 5.78 Å². The number of benzene rings is 1. The van der Waals surface area contributed by atoms with E-state index < -0.39 is 23.0 Å². The third kappa shape index (κ3) is 2.30. The molecular formula is C13H12F2N2O. The molecule has 2 aromatic rings. The molecule has 5 heteroatoms. The quantitative estimate of drug-likeness (QED) is 0.782. The van der Waals surface area contributed by atoms with Gasteiger partial charge >= 0.3 is 0 Å². The summed E-state index contributed by atoms with van der Waals surface area (Å²) in [5, 5.41) is 0. The number of rotatable bonds is 4. The fraction of sp³-hybridized carbons (Fsp3) is 0.231. The molecule has 0 N–H and O–H groups in total. The van der Waals surface area contributed by atoms with E-state index in [-0.39, 0.29) is 6.42 Å². The molecule has 1 aromatic carbocycles. The van der Waals surface area contributed by atoms with Gasteiger partial charge in [0.2, 0.25) is 0 Å². The van der Waals surface area contributed by atoms with Gasteiger partial charge in [-0.1, -0.05) is 6.07 Å². The van der Waals surface area contributed by atoms with E-state index >= 15 is 0 Å². The largest absolute Gasteiger partial charge is 0.335 e. The van der Waals surface area contributed by atoms with Gasteiger partial charge in [-0.15, -0.1) is 0 Å². The van der Waals surface area contributed by atoms with E-state index in [1.165, 1.54) is 6.07 Å². The Morgan fingerprint density at radius 2 is 2.00 bits per heavy atom. The first-order valence-corrected chi connectivity index (χ1v) is 5.60. The first kappa shape index (κ1) is 12.4. The zero-order valence-corrected chi connectivity index (χ0v) is 9.86. The highest BCUT2D eigenvalue weighted by molar-refractivity contribution is 5.97. The van der Waals surface area contributed by atoms with Crippen molar-refractivity contribution in [1.29, 1.82) is 0 Å². The summed E-state index contributed by atoms with van der Waals surface area (Å²) < 4.78 is 28.6. The Hall–Kier alpha value is -2.04. The maximum Gasteiger partial charge on any atom is 0.176 e. The van der Waals surface area contributed by atoms with Crippen LogP contribution in [0.1, 0.15) is 23.1 Å². The molecule has 0 aliphatic heterocycles. The number of nitrogens with zero attached hydrogens (tertiary/aromatic N) is 2. The molecule has 94 valence electrons. The Balaban J connectivity index is 2.28. The van der Waals surface area contributed by atoms with E-state index in [0.717, 1.165) is 12.1 Å². The lowest BCUT2D eigenvalue weighted by Crippen LogP contribution is -2.12. The predicted octanol–water partition coefficient (Wildman–Crippen LogP) is 2.61. The molecule has 3 nitrogen and oxygen atoms in total. The first-order valence-electron chi connectivity index (χ1n) is 5.60. The molecule has 0 atom stereocenters. The summed E-state index contributed by atoms with van der Waals surface area (Å²) in [6.45, 7) is 2.56. The zero-order chi connectivity index (χ0) is 13.1. The second-order valence-corrected chi connectivity index (χ2v) is 3.83. The van der Waals surface area contributed by atoms with Gasteiger partial charge in [0.1, 0.15) is 17.5 Å². The molecule has 0 amide bonds. The molecule has 0 saturated carbocycles. The lowest BCUT2D eigenvalue weighted by molar-refractivity contribution is 0.0981. The van der Waals surface area contributed by atoms with Gasteiger partial charge in [0, 0.05) is 18.9 Å². The van der Waals surface area contributed by atoms with Crippen molar-refractivity contribution in [3.63, 3.8) is 0 Å². The Kier molecular flexibility index (Phi) is 3.50. The Morgan fingerprint density at radius 3 is 2.61 bits per heavy atom. The number of hydrogen-bond donors (Lipinski definition) is 0. The smallest absolute Gasteiger partial charge is 0.176 e. The lowest BCUT2D eigenvalue weighted by atomic mass is 10.1. The molecule has 0 bridgehead atoms. The van der Waals surface area contributed by atoms with Crippen molar-refractivity contribution < 1.29 is 13.6 Å². The minimum Gasteiger partial charge on any atom is -0.335 e. The van der Waals surface area contributed by atoms with Gasteiger partial charge < -0.3 is 4.57 Å². The standard InChI is InChI=1S/C13H12F2N2O/c1-2-17-7-6-16-12(17)8-11(18)13-9(14)4-3-5-10(13)15/h3-7H,2,8H2,1H3. The van der Waals surface area contributed by atoms with E-state index in [2.05, 4.69) is 4.98 Å². The van der Waals surface area contributed by atoms with E-state index in [4.69, 9.17) is 0 Å². The monoisotopic (exact) mass is 250 g/mol. The maximum absolute atomic E-state index is 13.4. The molecule has 0 fully saturated rings. The molecule has 1 heterocycles. The fourth-order valence-electron chi connectivity index (χ4n) is 1.79. The number of aryl methyl sites for hydroxylation is 1. The predicted molar refractivity (Wildman–Crippen MR) is 62.3 cm³/mol. The molecule has 0 radical (unpaired) electrons. The summed E-state index contributed by atoms with van der Waals surface area (Å²) >= 11 is 0. The summed E-state index contributed by atoms with van der Waals surface area (Å²) in [5.74, 6) is -1.78. The van der Waals surface area contributed by atoms with Crippen LogP contribution in [0.15, 0.2) is 30.6 Å². The number of aromatic nitrogens is 2. The van der Waals surface area contributed by atoms with Gasteiger partial charge in [0.25, 0.3) is 0 Å². The molecule has 18 heavy (non-hydrogen) atoms. The fourth-order valence-corrected chi connectivity index (χ4v) is 1.79. The first-order chi connectivity index (χ1) is 8.63. The summed E-state index contributed by atoms with van der Waals surface area (Å²) in [5.41, 5.74) is -0.497. The van der Waals surface area contributed by atoms with Crippen LogP contribution in [0.4, 0.5) is 8.78 Å². The number of carbonyl (C=O) groups excluding carboxylic acids is 1. The van der Waals surface area contributed by atoms with Crippen molar-refractivity contribution in [1.82, 2.24) is 9.55 Å². The second-order valence-electron chi connectivity index (χ2n) is 3.83. The maximum atomic E-state index is 13.4. The van der Waals surface area contributed by atoms with Crippen LogP contribution in [0.5, 0.6) is 0 Å². The highest BCUT2D eigenvalue weighted by atomic mass is 19.1. The lowest BCUT2D eigenvalue weighted by Gasteiger charge is -2.05. The number of imidazole rings is 1. The average Bonchev–Trinajstić information content (AvgIpc) is 2.76. The van der Waals surface area contributed by atoms with Crippen molar-refractivity contribution in [3.8, 4) is 0 Å². The normalized spacial score (nSPS) is 10.6.